The molecule has 0 amide bonds. The number of hydrogen-bond acceptors (Lipinski definition) is 1. The van der Waals surface area contributed by atoms with E-state index in [1.165, 1.54) is 51.5 Å². The van der Waals surface area contributed by atoms with Gasteiger partial charge in [0.15, 0.2) is 0 Å². The molecule has 0 atom stereocenters. The summed E-state index contributed by atoms with van der Waals surface area (Å²) in [6, 6.07) is 0. The van der Waals surface area contributed by atoms with Crippen LogP contribution in [0.4, 0.5) is 0 Å². The fourth-order valence-corrected chi connectivity index (χ4v) is 3.16. The maximum Gasteiger partial charge on any atom is 0.000779 e. The van der Waals surface area contributed by atoms with Gasteiger partial charge in [-0.3, -0.25) is 0 Å². The van der Waals surface area contributed by atoms with Gasteiger partial charge in [-0.1, -0.05) is 46.5 Å². The van der Waals surface area contributed by atoms with Crippen molar-refractivity contribution in [2.45, 2.75) is 65.7 Å². The van der Waals surface area contributed by atoms with E-state index in [9.17, 15) is 0 Å². The van der Waals surface area contributed by atoms with Gasteiger partial charge in [-0.15, -0.1) is 0 Å². The molecule has 90 valence electrons. The van der Waals surface area contributed by atoms with Crippen molar-refractivity contribution in [3.63, 3.8) is 0 Å². The van der Waals surface area contributed by atoms with Gasteiger partial charge in [-0.05, 0) is 37.1 Å². The number of rotatable bonds is 7. The molecule has 0 spiro atoms. The second-order valence-corrected chi connectivity index (χ2v) is 5.37. The van der Waals surface area contributed by atoms with Gasteiger partial charge in [0.25, 0.3) is 0 Å². The highest BCUT2D eigenvalue weighted by atomic mass is 14.9. The smallest absolute Gasteiger partial charge is 0.000779 e. The van der Waals surface area contributed by atoms with E-state index < -0.39 is 0 Å². The van der Waals surface area contributed by atoms with E-state index in [2.05, 4.69) is 26.1 Å². The van der Waals surface area contributed by atoms with Crippen molar-refractivity contribution in [1.29, 1.82) is 0 Å². The number of nitrogens with one attached hydrogen (secondary N) is 1. The molecule has 0 radical (unpaired) electrons. The first-order valence-corrected chi connectivity index (χ1v) is 6.97. The Morgan fingerprint density at radius 2 is 1.67 bits per heavy atom. The monoisotopic (exact) mass is 211 g/mol. The molecular formula is C14H29N. The maximum absolute atomic E-state index is 3.58. The molecule has 0 bridgehead atoms. The lowest BCUT2D eigenvalue weighted by molar-refractivity contribution is 0.205. The van der Waals surface area contributed by atoms with E-state index in [0.717, 1.165) is 12.5 Å². The topological polar surface area (TPSA) is 12.0 Å². The highest BCUT2D eigenvalue weighted by Gasteiger charge is 2.34. The molecule has 0 aliphatic heterocycles. The lowest BCUT2D eigenvalue weighted by Gasteiger charge is -2.33. The summed E-state index contributed by atoms with van der Waals surface area (Å²) < 4.78 is 0. The van der Waals surface area contributed by atoms with Crippen molar-refractivity contribution in [3.8, 4) is 0 Å². The molecule has 1 heteroatoms. The normalized spacial score (nSPS) is 20.0. The Balaban J connectivity index is 2.48. The zero-order valence-corrected chi connectivity index (χ0v) is 10.9. The van der Waals surface area contributed by atoms with E-state index in [4.69, 9.17) is 0 Å². The van der Waals surface area contributed by atoms with Crippen LogP contribution in [0, 0.1) is 11.3 Å². The van der Waals surface area contributed by atoms with E-state index in [1.807, 2.05) is 0 Å². The summed E-state index contributed by atoms with van der Waals surface area (Å²) >= 11 is 0. The second-order valence-electron chi connectivity index (χ2n) is 5.37. The maximum atomic E-state index is 3.58. The van der Waals surface area contributed by atoms with Gasteiger partial charge in [-0.25, -0.2) is 0 Å². The van der Waals surface area contributed by atoms with Crippen LogP contribution in [0.2, 0.25) is 0 Å². The predicted octanol–water partition coefficient (Wildman–Crippen LogP) is 3.98. The fourth-order valence-electron chi connectivity index (χ4n) is 3.16. The molecule has 15 heavy (non-hydrogen) atoms. The Hall–Kier alpha value is -0.0400. The third-order valence-electron chi connectivity index (χ3n) is 4.29. The van der Waals surface area contributed by atoms with Gasteiger partial charge in [0.2, 0.25) is 0 Å². The van der Waals surface area contributed by atoms with Crippen molar-refractivity contribution < 1.29 is 0 Å². The summed E-state index contributed by atoms with van der Waals surface area (Å²) in [5.41, 5.74) is 0.659. The molecule has 0 unspecified atom stereocenters. The van der Waals surface area contributed by atoms with Crippen molar-refractivity contribution in [2.75, 3.05) is 13.1 Å². The average molecular weight is 211 g/mol. The van der Waals surface area contributed by atoms with Crippen LogP contribution in [-0.4, -0.2) is 13.1 Å². The first-order chi connectivity index (χ1) is 7.26. The largest absolute Gasteiger partial charge is 0.316 e. The van der Waals surface area contributed by atoms with E-state index in [0.29, 0.717) is 5.41 Å². The van der Waals surface area contributed by atoms with Gasteiger partial charge in [0.05, 0.1) is 0 Å². The molecule has 1 N–H and O–H groups in total. The molecule has 0 saturated heterocycles. The van der Waals surface area contributed by atoms with Gasteiger partial charge < -0.3 is 5.32 Å². The zero-order chi connectivity index (χ0) is 11.1. The van der Waals surface area contributed by atoms with Gasteiger partial charge in [0, 0.05) is 6.54 Å². The number of hydrogen-bond donors (Lipinski definition) is 1. The Kier molecular flexibility index (Phi) is 5.66. The van der Waals surface area contributed by atoms with Crippen LogP contribution in [0.1, 0.15) is 65.7 Å². The average Bonchev–Trinajstić information content (AvgIpc) is 2.72. The van der Waals surface area contributed by atoms with Crippen molar-refractivity contribution in [3.05, 3.63) is 0 Å². The first-order valence-electron chi connectivity index (χ1n) is 6.97. The van der Waals surface area contributed by atoms with Crippen LogP contribution in [0.3, 0.4) is 0 Å². The molecule has 0 aromatic rings. The van der Waals surface area contributed by atoms with Crippen molar-refractivity contribution in [1.82, 2.24) is 5.32 Å². The molecule has 0 aromatic carbocycles. The summed E-state index contributed by atoms with van der Waals surface area (Å²) in [5, 5.41) is 3.58. The van der Waals surface area contributed by atoms with Crippen molar-refractivity contribution >= 4 is 0 Å². The minimum Gasteiger partial charge on any atom is -0.316 e. The van der Waals surface area contributed by atoms with E-state index in [-0.39, 0.29) is 0 Å². The minimum atomic E-state index is 0.659. The summed E-state index contributed by atoms with van der Waals surface area (Å²) in [4.78, 5) is 0. The van der Waals surface area contributed by atoms with E-state index >= 15 is 0 Å². The van der Waals surface area contributed by atoms with E-state index in [1.54, 1.807) is 0 Å². The second kappa shape index (κ2) is 6.52. The Morgan fingerprint density at radius 1 is 1.07 bits per heavy atom. The fraction of sp³-hybridized carbons (Fsp3) is 1.00. The Bertz CT molecular complexity index is 155. The molecule has 1 aliphatic rings. The lowest BCUT2D eigenvalue weighted by Crippen LogP contribution is -2.33. The van der Waals surface area contributed by atoms with Crippen LogP contribution < -0.4 is 5.32 Å². The summed E-state index contributed by atoms with van der Waals surface area (Å²) in [6.45, 7) is 9.32. The molecular weight excluding hydrogens is 182 g/mol. The summed E-state index contributed by atoms with van der Waals surface area (Å²) in [5.74, 6) is 0.960. The first kappa shape index (κ1) is 13.0. The van der Waals surface area contributed by atoms with Crippen molar-refractivity contribution in [2.24, 2.45) is 11.3 Å². The van der Waals surface area contributed by atoms with Gasteiger partial charge in [0.1, 0.15) is 0 Å². The van der Waals surface area contributed by atoms with Crippen LogP contribution >= 0.6 is 0 Å². The third kappa shape index (κ3) is 3.79. The van der Waals surface area contributed by atoms with Crippen LogP contribution in [0.15, 0.2) is 0 Å². The quantitative estimate of drug-likeness (QED) is 0.671. The molecule has 1 nitrogen and oxygen atoms in total. The molecule has 1 fully saturated rings. The molecule has 1 aliphatic carbocycles. The highest BCUT2D eigenvalue weighted by Crippen LogP contribution is 2.43. The van der Waals surface area contributed by atoms with Crippen LogP contribution in [-0.2, 0) is 0 Å². The third-order valence-corrected chi connectivity index (χ3v) is 4.29. The van der Waals surface area contributed by atoms with Gasteiger partial charge >= 0.3 is 0 Å². The molecule has 0 aromatic heterocycles. The predicted molar refractivity (Wildman–Crippen MR) is 68.1 cm³/mol. The van der Waals surface area contributed by atoms with Crippen LogP contribution in [0.5, 0.6) is 0 Å². The SMILES string of the molecule is CCNCC1(CC(CC)CC)CCCC1. The summed E-state index contributed by atoms with van der Waals surface area (Å²) in [6.07, 6.45) is 10.1. The Labute approximate surface area is 96.0 Å². The van der Waals surface area contributed by atoms with Crippen LogP contribution in [0.25, 0.3) is 0 Å². The zero-order valence-electron chi connectivity index (χ0n) is 10.9. The Morgan fingerprint density at radius 3 is 2.13 bits per heavy atom. The standard InChI is InChI=1S/C14H29N/c1-4-13(5-2)11-14(12-15-6-3)9-7-8-10-14/h13,15H,4-12H2,1-3H3. The van der Waals surface area contributed by atoms with Gasteiger partial charge in [-0.2, -0.15) is 0 Å². The lowest BCUT2D eigenvalue weighted by atomic mass is 9.76. The highest BCUT2D eigenvalue weighted by molar-refractivity contribution is 4.88. The summed E-state index contributed by atoms with van der Waals surface area (Å²) in [7, 11) is 0. The minimum absolute atomic E-state index is 0.659. The molecule has 1 rings (SSSR count). The molecule has 1 saturated carbocycles. The molecule has 0 heterocycles.